The van der Waals surface area contributed by atoms with Gasteiger partial charge in [0.15, 0.2) is 0 Å². The topological polar surface area (TPSA) is 58.2 Å². The zero-order valence-electron chi connectivity index (χ0n) is 14.0. The second-order valence-electron chi connectivity index (χ2n) is 8.08. The third kappa shape index (κ3) is 3.78. The van der Waals surface area contributed by atoms with Crippen LogP contribution in [0.2, 0.25) is 0 Å². The van der Waals surface area contributed by atoms with Crippen LogP contribution >= 0.6 is 0 Å². The molecule has 2 fully saturated rings. The van der Waals surface area contributed by atoms with Crippen LogP contribution in [0.5, 0.6) is 0 Å². The lowest BCUT2D eigenvalue weighted by Crippen LogP contribution is -2.51. The van der Waals surface area contributed by atoms with Gasteiger partial charge in [0.05, 0.1) is 0 Å². The molecule has 0 aromatic rings. The van der Waals surface area contributed by atoms with Gasteiger partial charge in [-0.1, -0.05) is 27.2 Å². The number of amides is 2. The molecule has 2 amide bonds. The molecule has 4 heteroatoms. The van der Waals surface area contributed by atoms with Gasteiger partial charge >= 0.3 is 0 Å². The fourth-order valence-electron chi connectivity index (χ4n) is 3.84. The van der Waals surface area contributed by atoms with Crippen molar-refractivity contribution in [1.29, 1.82) is 0 Å². The number of fused-ring (bicyclic) bond motifs is 2. The molecule has 2 aliphatic carbocycles. The van der Waals surface area contributed by atoms with Gasteiger partial charge in [-0.3, -0.25) is 9.59 Å². The number of nitrogens with one attached hydrogen (secondary N) is 2. The van der Waals surface area contributed by atoms with Crippen molar-refractivity contribution < 1.29 is 9.59 Å². The lowest BCUT2D eigenvalue weighted by Gasteiger charge is -2.30. The molecule has 2 bridgehead atoms. The van der Waals surface area contributed by atoms with Crippen LogP contribution in [-0.2, 0) is 9.59 Å². The monoisotopic (exact) mass is 294 g/mol. The summed E-state index contributed by atoms with van der Waals surface area (Å²) in [6, 6.07) is -0.264. The Labute approximate surface area is 128 Å². The first kappa shape index (κ1) is 16.3. The third-order valence-electron chi connectivity index (χ3n) is 5.23. The van der Waals surface area contributed by atoms with Gasteiger partial charge in [0.1, 0.15) is 6.04 Å². The van der Waals surface area contributed by atoms with Crippen LogP contribution in [0.1, 0.15) is 60.3 Å². The van der Waals surface area contributed by atoms with Gasteiger partial charge in [-0.2, -0.15) is 0 Å². The van der Waals surface area contributed by atoms with Gasteiger partial charge in [-0.05, 0) is 50.9 Å². The van der Waals surface area contributed by atoms with Gasteiger partial charge < -0.3 is 10.6 Å². The second kappa shape index (κ2) is 5.98. The molecule has 2 aliphatic rings. The smallest absolute Gasteiger partial charge is 0.242 e. The molecule has 2 saturated carbocycles. The summed E-state index contributed by atoms with van der Waals surface area (Å²) in [6.07, 6.45) is 5.31. The van der Waals surface area contributed by atoms with Gasteiger partial charge in [0, 0.05) is 11.5 Å². The molecule has 120 valence electrons. The van der Waals surface area contributed by atoms with E-state index in [9.17, 15) is 9.59 Å². The summed E-state index contributed by atoms with van der Waals surface area (Å²) in [5.74, 6) is 2.15. The maximum atomic E-state index is 12.3. The molecular formula is C17H30N2O2. The Kier molecular flexibility index (Phi) is 4.64. The molecule has 0 heterocycles. The maximum absolute atomic E-state index is 12.3. The normalized spacial score (nSPS) is 30.8. The summed E-state index contributed by atoms with van der Waals surface area (Å²) < 4.78 is 0. The molecule has 2 N–H and O–H groups in total. The van der Waals surface area contributed by atoms with Crippen LogP contribution < -0.4 is 10.6 Å². The van der Waals surface area contributed by atoms with Gasteiger partial charge in [0.2, 0.25) is 11.8 Å². The van der Waals surface area contributed by atoms with Crippen molar-refractivity contribution in [3.05, 3.63) is 0 Å². The minimum absolute atomic E-state index is 0.0668. The van der Waals surface area contributed by atoms with Crippen molar-refractivity contribution in [3.8, 4) is 0 Å². The molecule has 0 aromatic heterocycles. The molecule has 0 radical (unpaired) electrons. The molecule has 5 unspecified atom stereocenters. The van der Waals surface area contributed by atoms with Crippen molar-refractivity contribution in [2.24, 2.45) is 23.2 Å². The lowest BCUT2D eigenvalue weighted by atomic mass is 9.84. The van der Waals surface area contributed by atoms with E-state index in [-0.39, 0.29) is 17.9 Å². The highest BCUT2D eigenvalue weighted by atomic mass is 16.2. The molecule has 0 aromatic carbocycles. The predicted octanol–water partition coefficient (Wildman–Crippen LogP) is 2.48. The minimum atomic E-state index is -0.474. The SMILES string of the molecule is CC(NC(=O)C(C)(C)C)C(=O)NC(C)C1CC2CCC1C2. The van der Waals surface area contributed by atoms with Crippen molar-refractivity contribution in [2.75, 3.05) is 0 Å². The third-order valence-corrected chi connectivity index (χ3v) is 5.23. The van der Waals surface area contributed by atoms with E-state index in [0.29, 0.717) is 5.92 Å². The number of carbonyl (C=O) groups is 2. The number of hydrogen-bond acceptors (Lipinski definition) is 2. The van der Waals surface area contributed by atoms with E-state index in [2.05, 4.69) is 17.6 Å². The zero-order chi connectivity index (χ0) is 15.8. The second-order valence-corrected chi connectivity index (χ2v) is 8.08. The zero-order valence-corrected chi connectivity index (χ0v) is 14.0. The first-order chi connectivity index (χ1) is 9.68. The fraction of sp³-hybridized carbons (Fsp3) is 0.882. The first-order valence-corrected chi connectivity index (χ1v) is 8.30. The Morgan fingerprint density at radius 2 is 1.71 bits per heavy atom. The van der Waals surface area contributed by atoms with Gasteiger partial charge in [-0.25, -0.2) is 0 Å². The fourth-order valence-corrected chi connectivity index (χ4v) is 3.84. The average molecular weight is 294 g/mol. The van der Waals surface area contributed by atoms with Gasteiger partial charge in [-0.15, -0.1) is 0 Å². The molecule has 2 rings (SSSR count). The number of rotatable bonds is 4. The average Bonchev–Trinajstić information content (AvgIpc) is 2.99. The van der Waals surface area contributed by atoms with Crippen molar-refractivity contribution >= 4 is 11.8 Å². The summed E-state index contributed by atoms with van der Waals surface area (Å²) in [6.45, 7) is 9.43. The van der Waals surface area contributed by atoms with E-state index in [1.807, 2.05) is 20.8 Å². The van der Waals surface area contributed by atoms with E-state index in [1.54, 1.807) is 6.92 Å². The van der Waals surface area contributed by atoms with E-state index in [4.69, 9.17) is 0 Å². The van der Waals surface area contributed by atoms with Crippen molar-refractivity contribution in [2.45, 2.75) is 72.4 Å². The van der Waals surface area contributed by atoms with E-state index < -0.39 is 11.5 Å². The highest BCUT2D eigenvalue weighted by molar-refractivity contribution is 5.89. The van der Waals surface area contributed by atoms with Crippen molar-refractivity contribution in [3.63, 3.8) is 0 Å². The summed E-state index contributed by atoms with van der Waals surface area (Å²) in [5, 5.41) is 5.91. The van der Waals surface area contributed by atoms with Crippen LogP contribution in [-0.4, -0.2) is 23.9 Å². The number of hydrogen-bond donors (Lipinski definition) is 2. The Bertz CT molecular complexity index is 414. The van der Waals surface area contributed by atoms with Crippen molar-refractivity contribution in [1.82, 2.24) is 10.6 Å². The summed E-state index contributed by atoms with van der Waals surface area (Å²) in [5.41, 5.74) is -0.468. The molecule has 5 atom stereocenters. The standard InChI is InChI=1S/C17H30N2O2/c1-10(14-9-12-6-7-13(14)8-12)18-15(20)11(2)19-16(21)17(3,4)5/h10-14H,6-9H2,1-5H3,(H,18,20)(H,19,21). The molecular weight excluding hydrogens is 264 g/mol. The van der Waals surface area contributed by atoms with Crippen LogP contribution in [0.25, 0.3) is 0 Å². The van der Waals surface area contributed by atoms with Crippen LogP contribution in [0, 0.1) is 23.2 Å². The largest absolute Gasteiger partial charge is 0.352 e. The Hall–Kier alpha value is -1.06. The molecule has 4 nitrogen and oxygen atoms in total. The first-order valence-electron chi connectivity index (χ1n) is 8.30. The molecule has 0 aliphatic heterocycles. The maximum Gasteiger partial charge on any atom is 0.242 e. The van der Waals surface area contributed by atoms with E-state index in [0.717, 1.165) is 11.8 Å². The van der Waals surface area contributed by atoms with E-state index >= 15 is 0 Å². The Morgan fingerprint density at radius 3 is 2.19 bits per heavy atom. The van der Waals surface area contributed by atoms with Crippen LogP contribution in [0.4, 0.5) is 0 Å². The number of carbonyl (C=O) groups excluding carboxylic acids is 2. The Balaban J connectivity index is 1.82. The molecule has 21 heavy (non-hydrogen) atoms. The highest BCUT2D eigenvalue weighted by Crippen LogP contribution is 2.49. The van der Waals surface area contributed by atoms with Crippen LogP contribution in [0.15, 0.2) is 0 Å². The van der Waals surface area contributed by atoms with Gasteiger partial charge in [0.25, 0.3) is 0 Å². The highest BCUT2D eigenvalue weighted by Gasteiger charge is 2.42. The molecule has 0 saturated heterocycles. The predicted molar refractivity (Wildman–Crippen MR) is 83.6 cm³/mol. The summed E-state index contributed by atoms with van der Waals surface area (Å²) >= 11 is 0. The summed E-state index contributed by atoms with van der Waals surface area (Å²) in [7, 11) is 0. The summed E-state index contributed by atoms with van der Waals surface area (Å²) in [4.78, 5) is 24.2. The van der Waals surface area contributed by atoms with Crippen LogP contribution in [0.3, 0.4) is 0 Å². The quantitative estimate of drug-likeness (QED) is 0.837. The Morgan fingerprint density at radius 1 is 1.05 bits per heavy atom. The van der Waals surface area contributed by atoms with E-state index in [1.165, 1.54) is 25.7 Å². The lowest BCUT2D eigenvalue weighted by molar-refractivity contribution is -0.133. The molecule has 0 spiro atoms. The minimum Gasteiger partial charge on any atom is -0.352 e.